The Labute approximate surface area is 78.0 Å². The van der Waals surface area contributed by atoms with E-state index in [0.29, 0.717) is 0 Å². The summed E-state index contributed by atoms with van der Waals surface area (Å²) in [5.41, 5.74) is 2.68. The molecule has 0 aliphatic carbocycles. The van der Waals surface area contributed by atoms with Gasteiger partial charge in [0.25, 0.3) is 0 Å². The molecule has 0 fully saturated rings. The normalized spacial score (nSPS) is 15.9. The summed E-state index contributed by atoms with van der Waals surface area (Å²) in [5, 5.41) is 3.29. The molecule has 1 rings (SSSR count). The van der Waals surface area contributed by atoms with E-state index < -0.39 is 0 Å². The Morgan fingerprint density at radius 1 is 1.58 bits per heavy atom. The summed E-state index contributed by atoms with van der Waals surface area (Å²) in [6, 6.07) is 0. The van der Waals surface area contributed by atoms with Gasteiger partial charge >= 0.3 is 0 Å². The molecule has 0 unspecified atom stereocenters. The number of rotatable bonds is 1. The zero-order valence-electron chi connectivity index (χ0n) is 8.61. The average molecular weight is 169 g/mol. The monoisotopic (exact) mass is 169 g/mol. The molecule has 0 aromatic rings. The van der Waals surface area contributed by atoms with Gasteiger partial charge in [0.05, 0.1) is 0 Å². The Morgan fingerprint density at radius 3 is 2.50 bits per heavy atom. The maximum absolute atomic E-state index is 3.74. The lowest BCUT2D eigenvalue weighted by Gasteiger charge is -2.16. The molecule has 1 aliphatic rings. The molecule has 1 N–H and O–H groups in total. The second-order valence-electron chi connectivity index (χ2n) is 3.09. The van der Waals surface area contributed by atoms with E-state index in [9.17, 15) is 0 Å². The summed E-state index contributed by atoms with van der Waals surface area (Å²) >= 11 is 0. The summed E-state index contributed by atoms with van der Waals surface area (Å²) in [6.45, 7) is 11.2. The maximum Gasteiger partial charge on any atom is 0.0147 e. The molecule has 0 saturated heterocycles. The molecule has 0 atom stereocenters. The molecule has 0 radical (unpaired) electrons. The van der Waals surface area contributed by atoms with E-state index in [1.807, 2.05) is 6.08 Å². The molecule has 0 spiro atoms. The summed E-state index contributed by atoms with van der Waals surface area (Å²) in [7, 11) is 0. The van der Waals surface area contributed by atoms with E-state index in [-0.39, 0.29) is 1.43 Å². The maximum atomic E-state index is 3.74. The predicted molar refractivity (Wildman–Crippen MR) is 58.2 cm³/mol. The first-order chi connectivity index (χ1) is 5.76. The number of hydrogen-bond donors (Lipinski definition) is 1. The highest BCUT2D eigenvalue weighted by Gasteiger charge is 2.03. The van der Waals surface area contributed by atoms with Crippen LogP contribution >= 0.6 is 0 Å². The van der Waals surface area contributed by atoms with Gasteiger partial charge in [-0.3, -0.25) is 0 Å². The van der Waals surface area contributed by atoms with E-state index in [0.717, 1.165) is 6.54 Å². The van der Waals surface area contributed by atoms with Gasteiger partial charge in [-0.15, -0.1) is 0 Å². The van der Waals surface area contributed by atoms with E-state index in [4.69, 9.17) is 0 Å². The van der Waals surface area contributed by atoms with Gasteiger partial charge in [-0.1, -0.05) is 32.9 Å². The fourth-order valence-corrected chi connectivity index (χ4v) is 1.11. The fraction of sp³-hybridized carbons (Fsp3) is 0.636. The molecule has 0 saturated carbocycles. The minimum absolute atomic E-state index is 0. The quantitative estimate of drug-likeness (QED) is 0.633. The molecule has 0 aromatic carbocycles. The van der Waals surface area contributed by atoms with Crippen molar-refractivity contribution in [2.75, 3.05) is 6.54 Å². The summed E-state index contributed by atoms with van der Waals surface area (Å²) in [6.07, 6.45) is 5.64. The van der Waals surface area contributed by atoms with Crippen LogP contribution < -0.4 is 5.32 Å². The molecule has 0 aromatic heterocycles. The number of allylic oxidation sites excluding steroid dienone is 3. The van der Waals surface area contributed by atoms with E-state index in [1.54, 1.807) is 0 Å². The molecule has 1 aliphatic heterocycles. The molecule has 1 heteroatoms. The first-order valence-electron chi connectivity index (χ1n) is 4.82. The van der Waals surface area contributed by atoms with Crippen LogP contribution in [0.5, 0.6) is 0 Å². The van der Waals surface area contributed by atoms with Crippen LogP contribution in [-0.2, 0) is 0 Å². The molecule has 1 nitrogen and oxygen atoms in total. The van der Waals surface area contributed by atoms with Gasteiger partial charge in [0.15, 0.2) is 0 Å². The SMILES string of the molecule is C=CC1=C(C)NCCC1.CCC.[HH]. The van der Waals surface area contributed by atoms with E-state index in [2.05, 4.69) is 32.7 Å². The van der Waals surface area contributed by atoms with Crippen LogP contribution in [0.3, 0.4) is 0 Å². The molecule has 72 valence electrons. The number of nitrogens with one attached hydrogen (secondary N) is 1. The minimum Gasteiger partial charge on any atom is -0.388 e. The standard InChI is InChI=1S/C8H13N.C3H8.H2/c1-3-8-5-4-6-9-7(8)2;1-3-2;/h3,9H,1,4-6H2,2H3;3H2,1-2H3;1H. The Hall–Kier alpha value is -0.720. The lowest BCUT2D eigenvalue weighted by Crippen LogP contribution is -2.18. The second-order valence-corrected chi connectivity index (χ2v) is 3.09. The van der Waals surface area contributed by atoms with Crippen LogP contribution in [0, 0.1) is 0 Å². The van der Waals surface area contributed by atoms with E-state index >= 15 is 0 Å². The topological polar surface area (TPSA) is 12.0 Å². The van der Waals surface area contributed by atoms with Crippen LogP contribution in [0.25, 0.3) is 0 Å². The van der Waals surface area contributed by atoms with Gasteiger partial charge < -0.3 is 5.32 Å². The summed E-state index contributed by atoms with van der Waals surface area (Å²) < 4.78 is 0. The zero-order chi connectivity index (χ0) is 9.40. The van der Waals surface area contributed by atoms with Crippen molar-refractivity contribution >= 4 is 0 Å². The van der Waals surface area contributed by atoms with Gasteiger partial charge in [-0.05, 0) is 25.3 Å². The minimum atomic E-state index is 0. The Morgan fingerprint density at radius 2 is 2.17 bits per heavy atom. The predicted octanol–water partition coefficient (Wildman–Crippen LogP) is 3.49. The first kappa shape index (κ1) is 11.3. The lowest BCUT2D eigenvalue weighted by atomic mass is 10.1. The summed E-state index contributed by atoms with van der Waals surface area (Å²) in [4.78, 5) is 0. The van der Waals surface area contributed by atoms with Gasteiger partial charge in [-0.25, -0.2) is 0 Å². The average Bonchev–Trinajstić information content (AvgIpc) is 2.07. The molecule has 0 bridgehead atoms. The Balaban J connectivity index is 0. The van der Waals surface area contributed by atoms with Crippen molar-refractivity contribution in [1.82, 2.24) is 5.32 Å². The van der Waals surface area contributed by atoms with Crippen molar-refractivity contribution in [3.8, 4) is 0 Å². The van der Waals surface area contributed by atoms with Crippen LogP contribution in [0.2, 0.25) is 0 Å². The van der Waals surface area contributed by atoms with Crippen LogP contribution in [0.15, 0.2) is 23.9 Å². The largest absolute Gasteiger partial charge is 0.388 e. The molecule has 0 amide bonds. The summed E-state index contributed by atoms with van der Waals surface area (Å²) in [5.74, 6) is 0. The van der Waals surface area contributed by atoms with Crippen LogP contribution in [-0.4, -0.2) is 6.54 Å². The van der Waals surface area contributed by atoms with Crippen molar-refractivity contribution in [2.45, 2.75) is 40.0 Å². The van der Waals surface area contributed by atoms with Crippen molar-refractivity contribution < 1.29 is 1.43 Å². The third-order valence-electron chi connectivity index (χ3n) is 1.74. The van der Waals surface area contributed by atoms with Crippen LogP contribution in [0.1, 0.15) is 41.5 Å². The van der Waals surface area contributed by atoms with E-state index in [1.165, 1.54) is 30.5 Å². The number of hydrogen-bond acceptors (Lipinski definition) is 1. The van der Waals surface area contributed by atoms with Crippen molar-refractivity contribution in [1.29, 1.82) is 0 Å². The zero-order valence-corrected chi connectivity index (χ0v) is 8.61. The molecule has 1 heterocycles. The Kier molecular flexibility index (Phi) is 6.54. The van der Waals surface area contributed by atoms with Crippen molar-refractivity contribution in [3.63, 3.8) is 0 Å². The van der Waals surface area contributed by atoms with Crippen molar-refractivity contribution in [2.24, 2.45) is 0 Å². The van der Waals surface area contributed by atoms with Gasteiger partial charge in [0, 0.05) is 13.7 Å². The second kappa shape index (κ2) is 6.96. The van der Waals surface area contributed by atoms with Crippen LogP contribution in [0.4, 0.5) is 0 Å². The van der Waals surface area contributed by atoms with Gasteiger partial charge in [0.1, 0.15) is 0 Å². The highest BCUT2D eigenvalue weighted by molar-refractivity contribution is 5.23. The molecular weight excluding hydrogens is 146 g/mol. The molecular formula is C11H23N. The third kappa shape index (κ3) is 4.22. The van der Waals surface area contributed by atoms with Gasteiger partial charge in [0.2, 0.25) is 0 Å². The third-order valence-corrected chi connectivity index (χ3v) is 1.74. The highest BCUT2D eigenvalue weighted by atomic mass is 14.9. The highest BCUT2D eigenvalue weighted by Crippen LogP contribution is 2.13. The molecule has 12 heavy (non-hydrogen) atoms. The first-order valence-corrected chi connectivity index (χ1v) is 4.82. The lowest BCUT2D eigenvalue weighted by molar-refractivity contribution is 0.672. The fourth-order valence-electron chi connectivity index (χ4n) is 1.11. The van der Waals surface area contributed by atoms with Gasteiger partial charge in [-0.2, -0.15) is 0 Å². The smallest absolute Gasteiger partial charge is 0.0147 e. The Bertz CT molecular complexity index is 161. The van der Waals surface area contributed by atoms with Crippen molar-refractivity contribution in [3.05, 3.63) is 23.9 Å².